The van der Waals surface area contributed by atoms with Crippen LogP contribution >= 0.6 is 15.6 Å². The third kappa shape index (κ3) is 74.1. The van der Waals surface area contributed by atoms with Crippen LogP contribution in [0.25, 0.3) is 0 Å². The molecule has 0 aromatic carbocycles. The summed E-state index contributed by atoms with van der Waals surface area (Å²) >= 11 is 0. The van der Waals surface area contributed by atoms with E-state index in [1.165, 1.54) is 218 Å². The fourth-order valence-electron chi connectivity index (χ4n) is 12.3. The van der Waals surface area contributed by atoms with Crippen molar-refractivity contribution in [2.75, 3.05) is 39.6 Å². The lowest BCUT2D eigenvalue weighted by atomic mass is 10.0. The van der Waals surface area contributed by atoms with Gasteiger partial charge >= 0.3 is 39.5 Å². The summed E-state index contributed by atoms with van der Waals surface area (Å²) < 4.78 is 68.6. The van der Waals surface area contributed by atoms with Crippen molar-refractivity contribution in [1.29, 1.82) is 0 Å². The highest BCUT2D eigenvalue weighted by Crippen LogP contribution is 2.45. The first-order valence-corrected chi connectivity index (χ1v) is 44.3. The molecule has 0 rings (SSSR count). The number of phosphoric ester groups is 2. The second-order valence-electron chi connectivity index (χ2n) is 30.2. The van der Waals surface area contributed by atoms with Gasteiger partial charge in [0.05, 0.1) is 26.4 Å². The van der Waals surface area contributed by atoms with Crippen molar-refractivity contribution >= 4 is 39.5 Å². The molecule has 0 aromatic heterocycles. The van der Waals surface area contributed by atoms with Gasteiger partial charge in [-0.15, -0.1) is 0 Å². The Balaban J connectivity index is 5.21. The van der Waals surface area contributed by atoms with Gasteiger partial charge in [0.25, 0.3) is 0 Å². The van der Waals surface area contributed by atoms with Crippen LogP contribution in [0.2, 0.25) is 0 Å². The molecule has 0 aromatic rings. The van der Waals surface area contributed by atoms with Crippen LogP contribution in [0, 0.1) is 17.8 Å². The number of aliphatic hydroxyl groups excluding tert-OH is 1. The molecular formula is C80H156O17P2. The van der Waals surface area contributed by atoms with Crippen LogP contribution < -0.4 is 0 Å². The molecule has 0 saturated carbocycles. The molecule has 0 aliphatic rings. The van der Waals surface area contributed by atoms with Crippen molar-refractivity contribution in [3.05, 3.63) is 0 Å². The number of carbonyl (C=O) groups is 4. The molecule has 0 radical (unpaired) electrons. The van der Waals surface area contributed by atoms with Crippen molar-refractivity contribution in [3.8, 4) is 0 Å². The fourth-order valence-corrected chi connectivity index (χ4v) is 13.9. The number of rotatable bonds is 78. The first-order chi connectivity index (χ1) is 47.7. The van der Waals surface area contributed by atoms with E-state index < -0.39 is 97.5 Å². The first kappa shape index (κ1) is 97.1. The smallest absolute Gasteiger partial charge is 0.462 e. The fraction of sp³-hybridized carbons (Fsp3) is 0.950. The Bertz CT molecular complexity index is 1920. The highest BCUT2D eigenvalue weighted by Gasteiger charge is 2.30. The predicted molar refractivity (Wildman–Crippen MR) is 405 cm³/mol. The van der Waals surface area contributed by atoms with Gasteiger partial charge in [0, 0.05) is 25.7 Å². The molecule has 2 unspecified atom stereocenters. The average molecular weight is 1450 g/mol. The van der Waals surface area contributed by atoms with Gasteiger partial charge in [-0.2, -0.15) is 0 Å². The van der Waals surface area contributed by atoms with Crippen LogP contribution in [-0.2, 0) is 65.4 Å². The Kier molecular flexibility index (Phi) is 69.0. The number of ether oxygens (including phenoxy) is 4. The molecule has 588 valence electrons. The molecular weight excluding hydrogens is 1290 g/mol. The minimum Gasteiger partial charge on any atom is -0.462 e. The Morgan fingerprint density at radius 1 is 0.273 bits per heavy atom. The molecule has 0 aliphatic heterocycles. The quantitative estimate of drug-likeness (QED) is 0.0222. The number of esters is 4. The summed E-state index contributed by atoms with van der Waals surface area (Å²) in [5, 5.41) is 10.6. The molecule has 17 nitrogen and oxygen atoms in total. The lowest BCUT2D eigenvalue weighted by molar-refractivity contribution is -0.161. The van der Waals surface area contributed by atoms with Gasteiger partial charge in [0.15, 0.2) is 12.2 Å². The maximum Gasteiger partial charge on any atom is 0.472 e. The lowest BCUT2D eigenvalue weighted by Gasteiger charge is -2.21. The topological polar surface area (TPSA) is 237 Å². The molecule has 0 amide bonds. The maximum absolute atomic E-state index is 13.1. The van der Waals surface area contributed by atoms with Crippen LogP contribution in [-0.4, -0.2) is 96.7 Å². The van der Waals surface area contributed by atoms with Crippen molar-refractivity contribution in [3.63, 3.8) is 0 Å². The Morgan fingerprint density at radius 3 is 0.687 bits per heavy atom. The molecule has 0 saturated heterocycles. The zero-order valence-electron chi connectivity index (χ0n) is 65.0. The summed E-state index contributed by atoms with van der Waals surface area (Å²) in [6.45, 7) is 12.0. The first-order valence-electron chi connectivity index (χ1n) is 41.3. The van der Waals surface area contributed by atoms with E-state index in [4.69, 9.17) is 37.0 Å². The lowest BCUT2D eigenvalue weighted by Crippen LogP contribution is -2.30. The van der Waals surface area contributed by atoms with E-state index in [1.54, 1.807) is 0 Å². The van der Waals surface area contributed by atoms with Crippen LogP contribution in [0.5, 0.6) is 0 Å². The zero-order chi connectivity index (χ0) is 73.0. The third-order valence-electron chi connectivity index (χ3n) is 18.6. The summed E-state index contributed by atoms with van der Waals surface area (Å²) in [6.07, 6.45) is 58.3. The average Bonchev–Trinajstić information content (AvgIpc) is 0.968. The number of unbranched alkanes of at least 4 members (excludes halogenated alkanes) is 46. The van der Waals surface area contributed by atoms with E-state index >= 15 is 0 Å². The highest BCUT2D eigenvalue weighted by atomic mass is 31.2. The number of carbonyl (C=O) groups excluding carboxylic acids is 4. The summed E-state index contributed by atoms with van der Waals surface area (Å²) in [4.78, 5) is 72.9. The zero-order valence-corrected chi connectivity index (χ0v) is 66.8. The van der Waals surface area contributed by atoms with E-state index in [0.29, 0.717) is 25.7 Å². The Morgan fingerprint density at radius 2 is 0.465 bits per heavy atom. The summed E-state index contributed by atoms with van der Waals surface area (Å²) in [7, 11) is -9.92. The van der Waals surface area contributed by atoms with Crippen molar-refractivity contribution in [2.45, 2.75) is 433 Å². The maximum atomic E-state index is 13.1. The summed E-state index contributed by atoms with van der Waals surface area (Å²) in [5.74, 6) is 0.273. The van der Waals surface area contributed by atoms with Crippen molar-refractivity contribution in [1.82, 2.24) is 0 Å². The largest absolute Gasteiger partial charge is 0.472 e. The second kappa shape index (κ2) is 70.4. The minimum absolute atomic E-state index is 0.107. The molecule has 0 aliphatic carbocycles. The van der Waals surface area contributed by atoms with Gasteiger partial charge < -0.3 is 33.8 Å². The SMILES string of the molecule is CCCCCCCCCCC(=O)OC[C@H](COP(=O)(O)OC[C@H](O)COP(=O)(O)OC[C@@H](COC(=O)CCCCCCCCCCCCCCCC(C)C)OC(=O)CCCCCCCCCCCCCCCCCCC(C)C)OC(=O)CCCCCCCCCCCCCCCC(C)C. The molecule has 0 heterocycles. The standard InChI is InChI=1S/C80H156O17P2/c1-8-9-10-11-12-40-47-54-61-77(82)90-67-75(96-79(84)64-57-50-43-36-30-24-18-21-27-33-39-46-53-60-73(6)7)69-94-98(86,87)92-65-74(81)66-93-99(88,89)95-70-76(68-91-78(83)62-55-48-41-34-28-23-17-20-26-32-38-45-52-59-72(4)5)97-80(85)63-56-49-42-35-29-22-16-14-13-15-19-25-31-37-44-51-58-71(2)3/h71-76,81H,8-70H2,1-7H3,(H,86,87)(H,88,89)/t74-,75+,76+/m0/s1. The molecule has 0 bridgehead atoms. The Labute approximate surface area is 607 Å². The predicted octanol–water partition coefficient (Wildman–Crippen LogP) is 23.7. The van der Waals surface area contributed by atoms with Crippen LogP contribution in [0.15, 0.2) is 0 Å². The van der Waals surface area contributed by atoms with Gasteiger partial charge in [-0.05, 0) is 43.4 Å². The van der Waals surface area contributed by atoms with E-state index in [-0.39, 0.29) is 25.7 Å². The van der Waals surface area contributed by atoms with Gasteiger partial charge in [-0.25, -0.2) is 9.13 Å². The molecule has 3 N–H and O–H groups in total. The molecule has 0 spiro atoms. The van der Waals surface area contributed by atoms with Gasteiger partial charge in [0.2, 0.25) is 0 Å². The van der Waals surface area contributed by atoms with E-state index in [2.05, 4.69) is 48.5 Å². The Hall–Kier alpha value is -1.94. The van der Waals surface area contributed by atoms with E-state index in [1.807, 2.05) is 0 Å². The molecule has 5 atom stereocenters. The summed E-state index contributed by atoms with van der Waals surface area (Å²) in [6, 6.07) is 0. The molecule has 0 fully saturated rings. The van der Waals surface area contributed by atoms with Crippen molar-refractivity contribution in [2.24, 2.45) is 17.8 Å². The number of hydrogen-bond acceptors (Lipinski definition) is 15. The number of hydrogen-bond donors (Lipinski definition) is 3. The van der Waals surface area contributed by atoms with Crippen LogP contribution in [0.3, 0.4) is 0 Å². The minimum atomic E-state index is -4.96. The molecule has 99 heavy (non-hydrogen) atoms. The highest BCUT2D eigenvalue weighted by molar-refractivity contribution is 7.47. The second-order valence-corrected chi connectivity index (χ2v) is 33.1. The van der Waals surface area contributed by atoms with Crippen LogP contribution in [0.4, 0.5) is 0 Å². The van der Waals surface area contributed by atoms with E-state index in [9.17, 15) is 43.2 Å². The number of phosphoric acid groups is 2. The van der Waals surface area contributed by atoms with E-state index in [0.717, 1.165) is 114 Å². The summed E-state index contributed by atoms with van der Waals surface area (Å²) in [5.41, 5.74) is 0. The molecule has 19 heteroatoms. The number of aliphatic hydroxyl groups is 1. The van der Waals surface area contributed by atoms with Gasteiger partial charge in [0.1, 0.15) is 19.3 Å². The normalized spacial score (nSPS) is 14.0. The van der Waals surface area contributed by atoms with Gasteiger partial charge in [-0.1, -0.05) is 363 Å². The monoisotopic (exact) mass is 1450 g/mol. The van der Waals surface area contributed by atoms with Crippen molar-refractivity contribution < 1.29 is 80.2 Å². The van der Waals surface area contributed by atoms with Crippen LogP contribution in [0.1, 0.15) is 414 Å². The van der Waals surface area contributed by atoms with Gasteiger partial charge in [-0.3, -0.25) is 37.3 Å². The third-order valence-corrected chi connectivity index (χ3v) is 20.5.